The molecule has 0 radical (unpaired) electrons. The van der Waals surface area contributed by atoms with Crippen LogP contribution >= 0.6 is 0 Å². The molecule has 0 saturated heterocycles. The molecule has 72 valence electrons. The van der Waals surface area contributed by atoms with E-state index in [1.54, 1.807) is 11.1 Å². The van der Waals surface area contributed by atoms with E-state index in [1.807, 2.05) is 0 Å². The lowest BCUT2D eigenvalue weighted by Crippen LogP contribution is -2.19. The van der Waals surface area contributed by atoms with Gasteiger partial charge in [-0.05, 0) is 48.9 Å². The van der Waals surface area contributed by atoms with Crippen LogP contribution in [0.15, 0.2) is 24.3 Å². The average Bonchev–Trinajstić information content (AvgIpc) is 2.25. The highest BCUT2D eigenvalue weighted by atomic mass is 14.3. The maximum absolute atomic E-state index is 2.42. The summed E-state index contributed by atoms with van der Waals surface area (Å²) in [5.41, 5.74) is 6.27. The first kappa shape index (κ1) is 8.28. The van der Waals surface area contributed by atoms with Crippen molar-refractivity contribution in [3.63, 3.8) is 0 Å². The van der Waals surface area contributed by atoms with Crippen LogP contribution in [-0.4, -0.2) is 0 Å². The standard InChI is InChI=1S/C14H16/c1-9-3-4-10(2)14-12-7-5-11(6-8-12)13(9)14/h3-5,7,11-12H,6,8H2,1-2H3. The number of hydrogen-bond acceptors (Lipinski definition) is 0. The topological polar surface area (TPSA) is 0 Å². The number of allylic oxidation sites excluding steroid dienone is 2. The van der Waals surface area contributed by atoms with Gasteiger partial charge in [-0.15, -0.1) is 0 Å². The second kappa shape index (κ2) is 2.73. The maximum atomic E-state index is 2.42. The predicted octanol–water partition coefficient (Wildman–Crippen LogP) is 3.83. The van der Waals surface area contributed by atoms with Crippen LogP contribution in [0.25, 0.3) is 0 Å². The third kappa shape index (κ3) is 0.943. The molecule has 0 heteroatoms. The van der Waals surface area contributed by atoms with E-state index in [2.05, 4.69) is 38.1 Å². The van der Waals surface area contributed by atoms with Crippen molar-refractivity contribution in [3.05, 3.63) is 46.5 Å². The predicted molar refractivity (Wildman–Crippen MR) is 59.8 cm³/mol. The lowest BCUT2D eigenvalue weighted by atomic mass is 9.69. The summed E-state index contributed by atoms with van der Waals surface area (Å²) >= 11 is 0. The first-order chi connectivity index (χ1) is 6.77. The molecule has 0 aliphatic heterocycles. The molecule has 0 fully saturated rings. The van der Waals surface area contributed by atoms with Crippen LogP contribution in [-0.2, 0) is 0 Å². The van der Waals surface area contributed by atoms with Gasteiger partial charge in [0.1, 0.15) is 0 Å². The summed E-state index contributed by atoms with van der Waals surface area (Å²) in [6, 6.07) is 4.56. The quantitative estimate of drug-likeness (QED) is 0.537. The lowest BCUT2D eigenvalue weighted by Gasteiger charge is -2.36. The molecule has 0 heterocycles. The van der Waals surface area contributed by atoms with Gasteiger partial charge in [0.25, 0.3) is 0 Å². The molecule has 3 aliphatic rings. The minimum atomic E-state index is 0.717. The SMILES string of the molecule is Cc1ccc(C)c2c1C1C=CC2CC1. The van der Waals surface area contributed by atoms with Crippen molar-refractivity contribution in [3.8, 4) is 0 Å². The van der Waals surface area contributed by atoms with E-state index < -0.39 is 0 Å². The van der Waals surface area contributed by atoms with Gasteiger partial charge in [-0.3, -0.25) is 0 Å². The van der Waals surface area contributed by atoms with Crippen molar-refractivity contribution in [1.82, 2.24) is 0 Å². The summed E-state index contributed by atoms with van der Waals surface area (Å²) in [5, 5.41) is 0. The molecule has 0 spiro atoms. The van der Waals surface area contributed by atoms with Gasteiger partial charge >= 0.3 is 0 Å². The van der Waals surface area contributed by atoms with Crippen LogP contribution in [0.4, 0.5) is 0 Å². The number of fused-ring (bicyclic) bond motifs is 1. The van der Waals surface area contributed by atoms with Crippen LogP contribution in [0.2, 0.25) is 0 Å². The molecule has 1 aromatic rings. The summed E-state index contributed by atoms with van der Waals surface area (Å²) in [6.45, 7) is 4.51. The smallest absolute Gasteiger partial charge is 0.00241 e. The summed E-state index contributed by atoms with van der Waals surface area (Å²) in [4.78, 5) is 0. The Bertz CT molecular complexity index is 373. The van der Waals surface area contributed by atoms with Crippen molar-refractivity contribution >= 4 is 0 Å². The molecule has 0 amide bonds. The highest BCUT2D eigenvalue weighted by Gasteiger charge is 2.30. The molecular formula is C14H16. The fourth-order valence-corrected chi connectivity index (χ4v) is 3.14. The summed E-state index contributed by atoms with van der Waals surface area (Å²) in [5.74, 6) is 1.43. The van der Waals surface area contributed by atoms with E-state index in [0.29, 0.717) is 0 Å². The van der Waals surface area contributed by atoms with Crippen LogP contribution in [0, 0.1) is 13.8 Å². The minimum Gasteiger partial charge on any atom is -0.0804 e. The number of benzene rings is 1. The monoisotopic (exact) mass is 184 g/mol. The van der Waals surface area contributed by atoms with E-state index >= 15 is 0 Å². The molecule has 2 unspecified atom stereocenters. The molecule has 4 rings (SSSR count). The second-order valence-electron chi connectivity index (χ2n) is 4.70. The van der Waals surface area contributed by atoms with E-state index in [-0.39, 0.29) is 0 Å². The highest BCUT2D eigenvalue weighted by Crippen LogP contribution is 2.47. The average molecular weight is 184 g/mol. The summed E-state index contributed by atoms with van der Waals surface area (Å²) < 4.78 is 0. The Morgan fingerprint density at radius 3 is 1.64 bits per heavy atom. The molecule has 0 saturated carbocycles. The molecule has 3 aliphatic carbocycles. The summed E-state index contributed by atoms with van der Waals surface area (Å²) in [7, 11) is 0. The number of hydrogen-bond donors (Lipinski definition) is 0. The molecular weight excluding hydrogens is 168 g/mol. The third-order valence-corrected chi connectivity index (χ3v) is 3.83. The largest absolute Gasteiger partial charge is 0.0804 e. The van der Waals surface area contributed by atoms with Gasteiger partial charge < -0.3 is 0 Å². The second-order valence-corrected chi connectivity index (χ2v) is 4.70. The zero-order chi connectivity index (χ0) is 9.71. The molecule has 2 atom stereocenters. The normalized spacial score (nSPS) is 27.9. The third-order valence-electron chi connectivity index (χ3n) is 3.83. The fraction of sp³-hybridized carbons (Fsp3) is 0.429. The Morgan fingerprint density at radius 2 is 1.29 bits per heavy atom. The van der Waals surface area contributed by atoms with Crippen LogP contribution in [0.1, 0.15) is 46.9 Å². The van der Waals surface area contributed by atoms with Gasteiger partial charge in [0.2, 0.25) is 0 Å². The van der Waals surface area contributed by atoms with E-state index in [1.165, 1.54) is 24.0 Å². The van der Waals surface area contributed by atoms with Gasteiger partial charge in [0.05, 0.1) is 0 Å². The molecule has 0 nitrogen and oxygen atoms in total. The molecule has 14 heavy (non-hydrogen) atoms. The van der Waals surface area contributed by atoms with Crippen molar-refractivity contribution in [2.45, 2.75) is 38.5 Å². The summed E-state index contributed by atoms with van der Waals surface area (Å²) in [6.07, 6.45) is 7.56. The van der Waals surface area contributed by atoms with Crippen LogP contribution in [0.3, 0.4) is 0 Å². The van der Waals surface area contributed by atoms with Gasteiger partial charge in [0.15, 0.2) is 0 Å². The van der Waals surface area contributed by atoms with E-state index in [9.17, 15) is 0 Å². The van der Waals surface area contributed by atoms with Gasteiger partial charge in [-0.1, -0.05) is 24.3 Å². The molecule has 0 aromatic heterocycles. The minimum absolute atomic E-state index is 0.717. The first-order valence-electron chi connectivity index (χ1n) is 5.55. The first-order valence-corrected chi connectivity index (χ1v) is 5.55. The Kier molecular flexibility index (Phi) is 1.61. The van der Waals surface area contributed by atoms with Crippen molar-refractivity contribution < 1.29 is 0 Å². The van der Waals surface area contributed by atoms with Crippen LogP contribution in [0.5, 0.6) is 0 Å². The molecule has 1 aromatic carbocycles. The van der Waals surface area contributed by atoms with Crippen molar-refractivity contribution in [1.29, 1.82) is 0 Å². The lowest BCUT2D eigenvalue weighted by molar-refractivity contribution is 0.548. The maximum Gasteiger partial charge on any atom is 0.00241 e. The van der Waals surface area contributed by atoms with Crippen LogP contribution < -0.4 is 0 Å². The Balaban J connectivity index is 2.31. The molecule has 2 bridgehead atoms. The van der Waals surface area contributed by atoms with Gasteiger partial charge in [-0.25, -0.2) is 0 Å². The van der Waals surface area contributed by atoms with Crippen molar-refractivity contribution in [2.24, 2.45) is 0 Å². The van der Waals surface area contributed by atoms with Gasteiger partial charge in [0, 0.05) is 11.8 Å². The zero-order valence-corrected chi connectivity index (χ0v) is 8.88. The Hall–Kier alpha value is -1.04. The Labute approximate surface area is 85.6 Å². The van der Waals surface area contributed by atoms with Gasteiger partial charge in [-0.2, -0.15) is 0 Å². The highest BCUT2D eigenvalue weighted by molar-refractivity contribution is 5.51. The fourth-order valence-electron chi connectivity index (χ4n) is 3.14. The van der Waals surface area contributed by atoms with E-state index in [0.717, 1.165) is 11.8 Å². The zero-order valence-electron chi connectivity index (χ0n) is 8.88. The number of rotatable bonds is 0. The van der Waals surface area contributed by atoms with E-state index in [4.69, 9.17) is 0 Å². The Morgan fingerprint density at radius 1 is 0.857 bits per heavy atom. The number of aryl methyl sites for hydroxylation is 2. The molecule has 0 N–H and O–H groups in total. The van der Waals surface area contributed by atoms with Crippen molar-refractivity contribution in [2.75, 3.05) is 0 Å².